The second kappa shape index (κ2) is 57.4. The third-order valence-electron chi connectivity index (χ3n) is 12.7. The van der Waals surface area contributed by atoms with Gasteiger partial charge in [-0.15, -0.1) is 0 Å². The number of carbonyl (C=O) groups is 3. The molecule has 0 aliphatic rings. The Morgan fingerprint density at radius 1 is 0.304 bits per heavy atom. The lowest BCUT2D eigenvalue weighted by atomic mass is 10.0. The van der Waals surface area contributed by atoms with Crippen LogP contribution in [-0.2, 0) is 28.6 Å². The van der Waals surface area contributed by atoms with Gasteiger partial charge in [0.05, 0.1) is 0 Å². The third-order valence-corrected chi connectivity index (χ3v) is 12.7. The molecule has 0 saturated heterocycles. The number of rotatable bonds is 53. The minimum atomic E-state index is -0.774. The van der Waals surface area contributed by atoms with Crippen LogP contribution >= 0.6 is 0 Å². The molecule has 0 saturated carbocycles. The number of esters is 3. The van der Waals surface area contributed by atoms with Gasteiger partial charge in [-0.1, -0.05) is 261 Å². The minimum absolute atomic E-state index is 0.0753. The fraction of sp³-hybridized carbons (Fsp3) is 0.762. The fourth-order valence-corrected chi connectivity index (χ4v) is 8.30. The van der Waals surface area contributed by atoms with E-state index in [0.29, 0.717) is 19.3 Å². The molecule has 0 aromatic heterocycles. The Morgan fingerprint density at radius 2 is 0.594 bits per heavy atom. The van der Waals surface area contributed by atoms with Crippen molar-refractivity contribution in [1.82, 2.24) is 0 Å². The van der Waals surface area contributed by atoms with E-state index in [1.807, 2.05) is 0 Å². The quantitative estimate of drug-likeness (QED) is 0.0262. The van der Waals surface area contributed by atoms with Crippen molar-refractivity contribution < 1.29 is 28.6 Å². The maximum atomic E-state index is 12.8. The first kappa shape index (κ1) is 65.8. The van der Waals surface area contributed by atoms with Gasteiger partial charge >= 0.3 is 17.9 Å². The smallest absolute Gasteiger partial charge is 0.306 e. The van der Waals surface area contributed by atoms with Crippen molar-refractivity contribution in [2.75, 3.05) is 13.2 Å². The first-order valence-electron chi connectivity index (χ1n) is 29.4. The molecule has 0 amide bonds. The van der Waals surface area contributed by atoms with Crippen molar-refractivity contribution >= 4 is 17.9 Å². The van der Waals surface area contributed by atoms with Crippen LogP contribution in [0.25, 0.3) is 0 Å². The highest BCUT2D eigenvalue weighted by Gasteiger charge is 2.19. The highest BCUT2D eigenvalue weighted by Crippen LogP contribution is 2.16. The van der Waals surface area contributed by atoms with Gasteiger partial charge in [-0.05, 0) is 83.5 Å². The molecule has 6 nitrogen and oxygen atoms in total. The monoisotopic (exact) mass is 963 g/mol. The molecule has 0 aromatic rings. The summed E-state index contributed by atoms with van der Waals surface area (Å²) in [5.74, 6) is -0.879. The minimum Gasteiger partial charge on any atom is -0.462 e. The normalized spacial score (nSPS) is 12.6. The molecular weight excluding hydrogens is 853 g/mol. The van der Waals surface area contributed by atoms with Crippen LogP contribution < -0.4 is 0 Å². The standard InChI is InChI=1S/C63H110O6/c1-4-7-10-13-16-19-22-24-25-26-27-28-29-30-31-32-33-34-35-36-37-38-39-40-42-44-47-50-53-56-62(65)68-59-60(58-67-61(64)55-52-49-46-43-21-18-15-12-9-6-3)69-63(66)57-54-51-48-45-41-23-20-17-14-11-8-5-2/h7,10,12,15-16,19,24-25,27-28,30-31,60H,4-6,8-9,11,13-14,17-18,20-23,26,29,32-59H2,1-3H3/b10-7-,15-12-,19-16-,25-24-,28-27-,31-30-. The topological polar surface area (TPSA) is 78.9 Å². The van der Waals surface area contributed by atoms with Crippen LogP contribution in [0.5, 0.6) is 0 Å². The van der Waals surface area contributed by atoms with Crippen LogP contribution in [-0.4, -0.2) is 37.2 Å². The van der Waals surface area contributed by atoms with Gasteiger partial charge in [0.15, 0.2) is 6.10 Å². The van der Waals surface area contributed by atoms with Gasteiger partial charge in [0.2, 0.25) is 0 Å². The number of hydrogen-bond acceptors (Lipinski definition) is 6. The molecule has 0 heterocycles. The highest BCUT2D eigenvalue weighted by atomic mass is 16.6. The molecule has 0 aliphatic heterocycles. The molecule has 0 aliphatic carbocycles. The van der Waals surface area contributed by atoms with Crippen LogP contribution in [0.1, 0.15) is 290 Å². The van der Waals surface area contributed by atoms with Crippen molar-refractivity contribution in [2.24, 2.45) is 0 Å². The molecule has 0 radical (unpaired) electrons. The summed E-state index contributed by atoms with van der Waals surface area (Å²) in [6.45, 7) is 6.47. The Bertz CT molecular complexity index is 1290. The van der Waals surface area contributed by atoms with Crippen LogP contribution in [0.15, 0.2) is 72.9 Å². The Morgan fingerprint density at radius 3 is 0.957 bits per heavy atom. The van der Waals surface area contributed by atoms with E-state index < -0.39 is 6.10 Å². The Hall–Kier alpha value is -3.15. The van der Waals surface area contributed by atoms with E-state index in [0.717, 1.165) is 103 Å². The first-order valence-corrected chi connectivity index (χ1v) is 29.4. The van der Waals surface area contributed by atoms with Gasteiger partial charge < -0.3 is 14.2 Å². The van der Waals surface area contributed by atoms with Crippen LogP contribution in [0, 0.1) is 0 Å². The summed E-state index contributed by atoms with van der Waals surface area (Å²) in [7, 11) is 0. The van der Waals surface area contributed by atoms with Crippen LogP contribution in [0.3, 0.4) is 0 Å². The van der Waals surface area contributed by atoms with E-state index >= 15 is 0 Å². The summed E-state index contributed by atoms with van der Waals surface area (Å²) in [6, 6.07) is 0. The largest absolute Gasteiger partial charge is 0.462 e. The third kappa shape index (κ3) is 55.6. The molecule has 0 rings (SSSR count). The van der Waals surface area contributed by atoms with Crippen molar-refractivity contribution in [2.45, 2.75) is 297 Å². The SMILES string of the molecule is CC/C=C\C/C=C\C/C=C\C/C=C\C/C=C\CCCCCCCCCCCCCCCC(=O)OCC(COC(=O)CCCCCCC/C=C\CCC)OC(=O)CCCCCCCCCCCCCC. The summed E-state index contributed by atoms with van der Waals surface area (Å²) in [5.41, 5.74) is 0. The predicted octanol–water partition coefficient (Wildman–Crippen LogP) is 19.8. The molecule has 1 unspecified atom stereocenters. The summed E-state index contributed by atoms with van der Waals surface area (Å²) >= 11 is 0. The van der Waals surface area contributed by atoms with Gasteiger partial charge in [0.25, 0.3) is 0 Å². The molecular formula is C63H110O6. The number of hydrogen-bond donors (Lipinski definition) is 0. The van der Waals surface area contributed by atoms with Gasteiger partial charge in [0.1, 0.15) is 13.2 Å². The maximum absolute atomic E-state index is 12.8. The van der Waals surface area contributed by atoms with Crippen molar-refractivity contribution in [3.63, 3.8) is 0 Å². The van der Waals surface area contributed by atoms with Crippen molar-refractivity contribution in [3.05, 3.63) is 72.9 Å². The molecule has 398 valence electrons. The second-order valence-corrected chi connectivity index (χ2v) is 19.5. The number of carbonyl (C=O) groups excluding carboxylic acids is 3. The zero-order chi connectivity index (χ0) is 50.0. The van der Waals surface area contributed by atoms with E-state index in [1.54, 1.807) is 0 Å². The van der Waals surface area contributed by atoms with Gasteiger partial charge in [-0.2, -0.15) is 0 Å². The zero-order valence-electron chi connectivity index (χ0n) is 45.6. The average molecular weight is 964 g/mol. The second-order valence-electron chi connectivity index (χ2n) is 19.5. The van der Waals surface area contributed by atoms with E-state index in [-0.39, 0.29) is 31.1 Å². The Labute approximate surface area is 427 Å². The fourth-order valence-electron chi connectivity index (χ4n) is 8.30. The number of allylic oxidation sites excluding steroid dienone is 12. The van der Waals surface area contributed by atoms with E-state index in [4.69, 9.17) is 14.2 Å². The summed E-state index contributed by atoms with van der Waals surface area (Å²) in [5, 5.41) is 0. The molecule has 0 fully saturated rings. The molecule has 0 bridgehead atoms. The molecule has 1 atom stereocenters. The molecule has 0 N–H and O–H groups in total. The molecule has 69 heavy (non-hydrogen) atoms. The molecule has 0 spiro atoms. The van der Waals surface area contributed by atoms with Crippen molar-refractivity contribution in [3.8, 4) is 0 Å². The molecule has 0 aromatic carbocycles. The maximum Gasteiger partial charge on any atom is 0.306 e. The van der Waals surface area contributed by atoms with Gasteiger partial charge in [-0.3, -0.25) is 14.4 Å². The lowest BCUT2D eigenvalue weighted by Crippen LogP contribution is -2.30. The summed E-state index contributed by atoms with van der Waals surface area (Å²) in [4.78, 5) is 38.0. The van der Waals surface area contributed by atoms with Crippen LogP contribution in [0.4, 0.5) is 0 Å². The predicted molar refractivity (Wildman–Crippen MR) is 298 cm³/mol. The Balaban J connectivity index is 4.13. The van der Waals surface area contributed by atoms with Crippen molar-refractivity contribution in [1.29, 1.82) is 0 Å². The Kier molecular flexibility index (Phi) is 54.8. The lowest BCUT2D eigenvalue weighted by molar-refractivity contribution is -0.167. The average Bonchev–Trinajstić information content (AvgIpc) is 3.35. The van der Waals surface area contributed by atoms with Crippen LogP contribution in [0.2, 0.25) is 0 Å². The number of ether oxygens (including phenoxy) is 3. The summed E-state index contributed by atoms with van der Waals surface area (Å²) in [6.07, 6.45) is 73.4. The number of unbranched alkanes of at least 4 members (excludes halogenated alkanes) is 30. The van der Waals surface area contributed by atoms with E-state index in [1.165, 1.54) is 148 Å². The van der Waals surface area contributed by atoms with Gasteiger partial charge in [-0.25, -0.2) is 0 Å². The summed E-state index contributed by atoms with van der Waals surface area (Å²) < 4.78 is 16.8. The first-order chi connectivity index (χ1) is 34.0. The van der Waals surface area contributed by atoms with Gasteiger partial charge in [0, 0.05) is 19.3 Å². The van der Waals surface area contributed by atoms with E-state index in [9.17, 15) is 14.4 Å². The lowest BCUT2D eigenvalue weighted by Gasteiger charge is -2.18. The van der Waals surface area contributed by atoms with E-state index in [2.05, 4.69) is 93.7 Å². The molecule has 6 heteroatoms. The zero-order valence-corrected chi connectivity index (χ0v) is 45.6. The highest BCUT2D eigenvalue weighted by molar-refractivity contribution is 5.71.